The molecule has 0 unspecified atom stereocenters. The Labute approximate surface area is 199 Å². The van der Waals surface area contributed by atoms with Gasteiger partial charge in [-0.3, -0.25) is 19.8 Å². The van der Waals surface area contributed by atoms with Gasteiger partial charge in [-0.05, 0) is 41.5 Å². The van der Waals surface area contributed by atoms with Crippen molar-refractivity contribution in [2.24, 2.45) is 0 Å². The van der Waals surface area contributed by atoms with Crippen LogP contribution in [0.5, 0.6) is 11.5 Å². The second kappa shape index (κ2) is 10.8. The van der Waals surface area contributed by atoms with Gasteiger partial charge in [0, 0.05) is 19.2 Å². The molecule has 3 rings (SSSR count). The number of thioether (sulfide) groups is 1. The van der Waals surface area contributed by atoms with Crippen molar-refractivity contribution in [3.8, 4) is 11.5 Å². The number of thiocarbonyl (C=S) groups is 1. The number of nitro benzene ring substituents is 1. The molecule has 0 aromatic heterocycles. The molecular weight excluding hydrogens is 476 g/mol. The molecule has 8 nitrogen and oxygen atoms in total. The third kappa shape index (κ3) is 5.57. The Hall–Kier alpha value is -2.66. The summed E-state index contributed by atoms with van der Waals surface area (Å²) in [7, 11) is 3.05. The Balaban J connectivity index is 1.77. The van der Waals surface area contributed by atoms with Crippen LogP contribution in [0.4, 0.5) is 5.69 Å². The third-order valence-electron chi connectivity index (χ3n) is 4.47. The van der Waals surface area contributed by atoms with E-state index < -0.39 is 4.92 Å². The molecule has 2 aromatic rings. The van der Waals surface area contributed by atoms with Crippen molar-refractivity contribution in [2.45, 2.75) is 6.61 Å². The first kappa shape index (κ1) is 24.0. The number of hydrogen-bond donors (Lipinski definition) is 0. The zero-order chi connectivity index (χ0) is 23.3. The number of nitro groups is 1. The number of ether oxygens (including phenoxy) is 3. The average Bonchev–Trinajstić information content (AvgIpc) is 3.03. The van der Waals surface area contributed by atoms with E-state index in [0.29, 0.717) is 44.5 Å². The Kier molecular flexibility index (Phi) is 8.08. The number of halogens is 1. The fourth-order valence-corrected chi connectivity index (χ4v) is 4.44. The van der Waals surface area contributed by atoms with Gasteiger partial charge in [-0.15, -0.1) is 0 Å². The number of rotatable bonds is 9. The highest BCUT2D eigenvalue weighted by atomic mass is 35.5. The van der Waals surface area contributed by atoms with E-state index in [9.17, 15) is 14.9 Å². The van der Waals surface area contributed by atoms with Gasteiger partial charge in [-0.25, -0.2) is 0 Å². The number of methoxy groups -OCH3 is 2. The molecule has 1 fully saturated rings. The van der Waals surface area contributed by atoms with Gasteiger partial charge in [0.25, 0.3) is 11.6 Å². The van der Waals surface area contributed by atoms with Gasteiger partial charge in [-0.2, -0.15) is 0 Å². The summed E-state index contributed by atoms with van der Waals surface area (Å²) in [4.78, 5) is 24.9. The molecule has 1 aliphatic rings. The maximum Gasteiger partial charge on any atom is 0.269 e. The number of hydrogen-bond acceptors (Lipinski definition) is 8. The van der Waals surface area contributed by atoms with Crippen molar-refractivity contribution in [3.63, 3.8) is 0 Å². The highest BCUT2D eigenvalue weighted by Gasteiger charge is 2.31. The first-order valence-corrected chi connectivity index (χ1v) is 10.9. The zero-order valence-corrected chi connectivity index (χ0v) is 19.6. The molecule has 1 saturated heterocycles. The topological polar surface area (TPSA) is 91.1 Å². The third-order valence-corrected chi connectivity index (χ3v) is 6.13. The summed E-state index contributed by atoms with van der Waals surface area (Å²) in [6, 6.07) is 9.40. The summed E-state index contributed by atoms with van der Waals surface area (Å²) in [5.74, 6) is 0.531. The van der Waals surface area contributed by atoms with E-state index in [1.165, 1.54) is 35.9 Å². The molecule has 1 heterocycles. The van der Waals surface area contributed by atoms with E-state index in [2.05, 4.69) is 0 Å². The lowest BCUT2D eigenvalue weighted by Gasteiger charge is -2.14. The lowest BCUT2D eigenvalue weighted by Crippen LogP contribution is -2.31. The van der Waals surface area contributed by atoms with Crippen molar-refractivity contribution in [1.29, 1.82) is 0 Å². The predicted molar refractivity (Wildman–Crippen MR) is 127 cm³/mol. The maximum atomic E-state index is 12.6. The number of benzene rings is 2. The first-order chi connectivity index (χ1) is 15.3. The van der Waals surface area contributed by atoms with Crippen LogP contribution >= 0.6 is 35.6 Å². The minimum Gasteiger partial charge on any atom is -0.493 e. The van der Waals surface area contributed by atoms with Gasteiger partial charge in [0.2, 0.25) is 0 Å². The Morgan fingerprint density at radius 3 is 2.59 bits per heavy atom. The fourth-order valence-electron chi connectivity index (χ4n) is 2.86. The summed E-state index contributed by atoms with van der Waals surface area (Å²) in [5, 5.41) is 11.1. The Morgan fingerprint density at radius 1 is 1.25 bits per heavy atom. The minimum absolute atomic E-state index is 0.00125. The number of non-ortho nitro benzene ring substituents is 1. The van der Waals surface area contributed by atoms with Crippen molar-refractivity contribution >= 4 is 57.6 Å². The molecule has 0 spiro atoms. The molecule has 0 saturated carbocycles. The van der Waals surface area contributed by atoms with Crippen LogP contribution in [0.25, 0.3) is 6.08 Å². The van der Waals surface area contributed by atoms with Gasteiger partial charge < -0.3 is 14.2 Å². The quantitative estimate of drug-likeness (QED) is 0.215. The Morgan fingerprint density at radius 2 is 1.97 bits per heavy atom. The van der Waals surface area contributed by atoms with E-state index in [1.54, 1.807) is 37.5 Å². The number of amides is 1. The molecule has 2 aromatic carbocycles. The van der Waals surface area contributed by atoms with E-state index in [1.807, 2.05) is 0 Å². The van der Waals surface area contributed by atoms with Gasteiger partial charge >= 0.3 is 0 Å². The maximum absolute atomic E-state index is 12.6. The van der Waals surface area contributed by atoms with Crippen LogP contribution in [0.3, 0.4) is 0 Å². The van der Waals surface area contributed by atoms with Crippen LogP contribution in [0.1, 0.15) is 11.1 Å². The van der Waals surface area contributed by atoms with E-state index in [-0.39, 0.29) is 18.2 Å². The van der Waals surface area contributed by atoms with Crippen molar-refractivity contribution in [1.82, 2.24) is 4.90 Å². The normalized spacial score (nSPS) is 14.8. The van der Waals surface area contributed by atoms with E-state index in [4.69, 9.17) is 38.0 Å². The standard InChI is InChI=1S/C21H19ClN2O6S2/c1-28-8-7-23-20(25)18(32-21(23)31)11-14-9-16(22)19(17(10-14)29-2)30-12-13-3-5-15(6-4-13)24(26)27/h3-6,9-11H,7-8,12H2,1-2H3. The molecule has 1 amide bonds. The van der Waals surface area contributed by atoms with Crippen LogP contribution in [0.15, 0.2) is 41.3 Å². The van der Waals surface area contributed by atoms with Gasteiger partial charge in [0.05, 0.1) is 35.1 Å². The highest BCUT2D eigenvalue weighted by molar-refractivity contribution is 8.26. The zero-order valence-electron chi connectivity index (χ0n) is 17.2. The molecule has 0 radical (unpaired) electrons. The lowest BCUT2D eigenvalue weighted by molar-refractivity contribution is -0.384. The summed E-state index contributed by atoms with van der Waals surface area (Å²) < 4.78 is 16.7. The van der Waals surface area contributed by atoms with E-state index in [0.717, 1.165) is 5.56 Å². The van der Waals surface area contributed by atoms with Crippen molar-refractivity contribution in [3.05, 3.63) is 67.6 Å². The fraction of sp³-hybridized carbons (Fsp3) is 0.238. The van der Waals surface area contributed by atoms with Gasteiger partial charge in [0.1, 0.15) is 10.9 Å². The van der Waals surface area contributed by atoms with Crippen LogP contribution in [-0.4, -0.2) is 47.4 Å². The first-order valence-electron chi connectivity index (χ1n) is 9.32. The highest BCUT2D eigenvalue weighted by Crippen LogP contribution is 2.39. The minimum atomic E-state index is -0.464. The molecule has 0 atom stereocenters. The summed E-state index contributed by atoms with van der Waals surface area (Å²) in [6.07, 6.45) is 1.70. The van der Waals surface area contributed by atoms with Gasteiger partial charge in [-0.1, -0.05) is 35.6 Å². The van der Waals surface area contributed by atoms with Crippen LogP contribution in [-0.2, 0) is 16.1 Å². The van der Waals surface area contributed by atoms with Crippen molar-refractivity contribution in [2.75, 3.05) is 27.4 Å². The number of carbonyl (C=O) groups excluding carboxylic acids is 1. The molecule has 0 bridgehead atoms. The largest absolute Gasteiger partial charge is 0.493 e. The molecule has 0 aliphatic carbocycles. The van der Waals surface area contributed by atoms with Crippen LogP contribution < -0.4 is 9.47 Å². The molecule has 168 valence electrons. The molecule has 1 aliphatic heterocycles. The van der Waals surface area contributed by atoms with Crippen molar-refractivity contribution < 1.29 is 23.9 Å². The monoisotopic (exact) mass is 494 g/mol. The molecule has 0 N–H and O–H groups in total. The van der Waals surface area contributed by atoms with E-state index >= 15 is 0 Å². The second-order valence-electron chi connectivity index (χ2n) is 6.57. The molecule has 32 heavy (non-hydrogen) atoms. The molecule has 11 heteroatoms. The number of nitrogens with zero attached hydrogens (tertiary/aromatic N) is 2. The summed E-state index contributed by atoms with van der Waals surface area (Å²) in [5.41, 5.74) is 1.39. The Bertz CT molecular complexity index is 1070. The number of carbonyl (C=O) groups is 1. The average molecular weight is 495 g/mol. The summed E-state index contributed by atoms with van der Waals surface area (Å²) >= 11 is 12.9. The van der Waals surface area contributed by atoms with Gasteiger partial charge in [0.15, 0.2) is 11.5 Å². The second-order valence-corrected chi connectivity index (χ2v) is 8.66. The van der Waals surface area contributed by atoms with Crippen LogP contribution in [0.2, 0.25) is 5.02 Å². The SMILES string of the molecule is COCCN1C(=O)C(=Cc2cc(Cl)c(OCc3ccc([N+](=O)[O-])cc3)c(OC)c2)SC1=S. The van der Waals surface area contributed by atoms with Crippen LogP contribution in [0, 0.1) is 10.1 Å². The smallest absolute Gasteiger partial charge is 0.269 e. The summed E-state index contributed by atoms with van der Waals surface area (Å²) in [6.45, 7) is 0.920. The predicted octanol–water partition coefficient (Wildman–Crippen LogP) is 4.68. The molecular formula is C21H19ClN2O6S2. The lowest BCUT2D eigenvalue weighted by atomic mass is 10.1.